The Balaban J connectivity index is 2.02. The molecular weight excluding hydrogens is 298 g/mol. The summed E-state index contributed by atoms with van der Waals surface area (Å²) in [6.07, 6.45) is 3.64. The van der Waals surface area contributed by atoms with E-state index in [9.17, 15) is 9.59 Å². The zero-order valence-electron chi connectivity index (χ0n) is 11.3. The number of hydrogen-bond donors (Lipinski definition) is 1. The van der Waals surface area contributed by atoms with Gasteiger partial charge in [-0.2, -0.15) is 5.10 Å². The second-order valence-corrected chi connectivity index (χ2v) is 4.55. The summed E-state index contributed by atoms with van der Waals surface area (Å²) in [5, 5.41) is 6.86. The van der Waals surface area contributed by atoms with Gasteiger partial charge in [0.1, 0.15) is 17.3 Å². The van der Waals surface area contributed by atoms with Crippen LogP contribution in [0.15, 0.2) is 33.8 Å². The fraction of sp³-hybridized carbons (Fsp3) is 0.308. The van der Waals surface area contributed by atoms with E-state index < -0.39 is 11.5 Å². The number of halogens is 1. The molecule has 2 heterocycles. The summed E-state index contributed by atoms with van der Waals surface area (Å²) in [5.74, 6) is 0.254. The van der Waals surface area contributed by atoms with Gasteiger partial charge in [-0.3, -0.25) is 9.59 Å². The molecule has 8 heteroatoms. The Kier molecular flexibility index (Phi) is 4.99. The van der Waals surface area contributed by atoms with E-state index in [1.165, 1.54) is 13.3 Å². The molecule has 2 aromatic heterocycles. The standard InChI is InChI=1S/C13H14ClN3O4/c1-20-11(18)8-17-13(19)12(14)10(7-16-17)15-5-4-9-3-2-6-21-9/h2-3,6-7,15H,4-5,8H2,1H3. The topological polar surface area (TPSA) is 86.4 Å². The van der Waals surface area contributed by atoms with Crippen LogP contribution in [0, 0.1) is 0 Å². The van der Waals surface area contributed by atoms with Gasteiger partial charge in [-0.1, -0.05) is 11.6 Å². The summed E-state index contributed by atoms with van der Waals surface area (Å²) in [6.45, 7) is 0.261. The second kappa shape index (κ2) is 6.94. The van der Waals surface area contributed by atoms with Gasteiger partial charge in [0.15, 0.2) is 0 Å². The number of carbonyl (C=O) groups excluding carboxylic acids is 1. The van der Waals surface area contributed by atoms with Gasteiger partial charge in [0.2, 0.25) is 0 Å². The van der Waals surface area contributed by atoms with Crippen molar-refractivity contribution < 1.29 is 13.9 Å². The van der Waals surface area contributed by atoms with Crippen LogP contribution < -0.4 is 10.9 Å². The number of methoxy groups -OCH3 is 1. The number of ether oxygens (including phenoxy) is 1. The van der Waals surface area contributed by atoms with E-state index in [1.54, 1.807) is 12.3 Å². The van der Waals surface area contributed by atoms with Crippen LogP contribution in [-0.2, 0) is 22.5 Å². The normalized spacial score (nSPS) is 10.4. The van der Waals surface area contributed by atoms with Gasteiger partial charge < -0.3 is 14.5 Å². The van der Waals surface area contributed by atoms with Crippen molar-refractivity contribution in [3.05, 3.63) is 45.7 Å². The molecule has 1 N–H and O–H groups in total. The first kappa shape index (κ1) is 15.1. The molecule has 0 aliphatic rings. The van der Waals surface area contributed by atoms with E-state index in [0.717, 1.165) is 10.4 Å². The quantitative estimate of drug-likeness (QED) is 0.810. The molecular formula is C13H14ClN3O4. The van der Waals surface area contributed by atoms with Gasteiger partial charge in [-0.05, 0) is 12.1 Å². The molecule has 2 rings (SSSR count). The third-order valence-corrected chi connectivity index (χ3v) is 3.12. The van der Waals surface area contributed by atoms with Gasteiger partial charge >= 0.3 is 5.97 Å². The number of furan rings is 1. The van der Waals surface area contributed by atoms with Crippen molar-refractivity contribution in [2.75, 3.05) is 19.0 Å². The Morgan fingerprint density at radius 1 is 1.57 bits per heavy atom. The van der Waals surface area contributed by atoms with Gasteiger partial charge in [-0.25, -0.2) is 4.68 Å². The molecule has 0 saturated carbocycles. The minimum atomic E-state index is -0.570. The molecule has 0 unspecified atom stereocenters. The van der Waals surface area contributed by atoms with E-state index >= 15 is 0 Å². The number of nitrogens with zero attached hydrogens (tertiary/aromatic N) is 2. The van der Waals surface area contributed by atoms with Crippen molar-refractivity contribution in [2.24, 2.45) is 0 Å². The highest BCUT2D eigenvalue weighted by molar-refractivity contribution is 6.32. The van der Waals surface area contributed by atoms with Crippen molar-refractivity contribution >= 4 is 23.3 Å². The van der Waals surface area contributed by atoms with Crippen LogP contribution in [0.1, 0.15) is 5.76 Å². The van der Waals surface area contributed by atoms with E-state index in [4.69, 9.17) is 16.0 Å². The smallest absolute Gasteiger partial charge is 0.327 e. The molecule has 21 heavy (non-hydrogen) atoms. The summed E-state index contributed by atoms with van der Waals surface area (Å²) < 4.78 is 10.6. The molecule has 112 valence electrons. The van der Waals surface area contributed by atoms with Crippen LogP contribution in [0.5, 0.6) is 0 Å². The lowest BCUT2D eigenvalue weighted by Gasteiger charge is -2.09. The van der Waals surface area contributed by atoms with Gasteiger partial charge in [0, 0.05) is 13.0 Å². The Morgan fingerprint density at radius 3 is 3.05 bits per heavy atom. The van der Waals surface area contributed by atoms with Crippen molar-refractivity contribution in [2.45, 2.75) is 13.0 Å². The number of rotatable bonds is 6. The number of hydrogen-bond acceptors (Lipinski definition) is 6. The highest BCUT2D eigenvalue weighted by Crippen LogP contribution is 2.15. The third-order valence-electron chi connectivity index (χ3n) is 2.76. The Hall–Kier alpha value is -2.28. The summed E-state index contributed by atoms with van der Waals surface area (Å²) in [4.78, 5) is 23.1. The molecule has 0 radical (unpaired) electrons. The molecule has 0 bridgehead atoms. The van der Waals surface area contributed by atoms with E-state index in [0.29, 0.717) is 18.7 Å². The fourth-order valence-electron chi connectivity index (χ4n) is 1.66. The fourth-order valence-corrected chi connectivity index (χ4v) is 1.88. The third kappa shape index (κ3) is 3.85. The van der Waals surface area contributed by atoms with Crippen LogP contribution in [0.25, 0.3) is 0 Å². The van der Waals surface area contributed by atoms with Crippen LogP contribution in [-0.4, -0.2) is 29.4 Å². The minimum Gasteiger partial charge on any atom is -0.469 e. The number of nitrogens with one attached hydrogen (secondary N) is 1. The van der Waals surface area contributed by atoms with Gasteiger partial charge in [0.25, 0.3) is 5.56 Å². The maximum absolute atomic E-state index is 11.9. The first-order valence-electron chi connectivity index (χ1n) is 6.20. The first-order chi connectivity index (χ1) is 10.1. The van der Waals surface area contributed by atoms with Crippen molar-refractivity contribution in [3.8, 4) is 0 Å². The lowest BCUT2D eigenvalue weighted by molar-refractivity contribution is -0.141. The molecule has 0 amide bonds. The van der Waals surface area contributed by atoms with E-state index in [1.807, 2.05) is 6.07 Å². The summed E-state index contributed by atoms with van der Waals surface area (Å²) in [6, 6.07) is 3.66. The van der Waals surface area contributed by atoms with Crippen LogP contribution in [0.3, 0.4) is 0 Å². The number of aromatic nitrogens is 2. The van der Waals surface area contributed by atoms with E-state index in [2.05, 4.69) is 15.2 Å². The Bertz CT molecular complexity index is 667. The largest absolute Gasteiger partial charge is 0.469 e. The number of anilines is 1. The minimum absolute atomic E-state index is 0.0200. The number of esters is 1. The molecule has 0 fully saturated rings. The molecule has 0 aromatic carbocycles. The Morgan fingerprint density at radius 2 is 2.38 bits per heavy atom. The number of carbonyl (C=O) groups is 1. The van der Waals surface area contributed by atoms with Crippen LogP contribution in [0.2, 0.25) is 5.02 Å². The molecule has 0 aliphatic carbocycles. The maximum Gasteiger partial charge on any atom is 0.327 e. The lowest BCUT2D eigenvalue weighted by atomic mass is 10.3. The average molecular weight is 312 g/mol. The monoisotopic (exact) mass is 311 g/mol. The molecule has 0 atom stereocenters. The lowest BCUT2D eigenvalue weighted by Crippen LogP contribution is -2.28. The van der Waals surface area contributed by atoms with Gasteiger partial charge in [0.05, 0.1) is 25.3 Å². The molecule has 0 aliphatic heterocycles. The van der Waals surface area contributed by atoms with Crippen molar-refractivity contribution in [3.63, 3.8) is 0 Å². The van der Waals surface area contributed by atoms with E-state index in [-0.39, 0.29) is 11.6 Å². The summed E-state index contributed by atoms with van der Waals surface area (Å²) >= 11 is 5.97. The molecule has 2 aromatic rings. The SMILES string of the molecule is COC(=O)Cn1ncc(NCCc2ccco2)c(Cl)c1=O. The zero-order chi connectivity index (χ0) is 15.2. The average Bonchev–Trinajstić information content (AvgIpc) is 2.99. The maximum atomic E-state index is 11.9. The summed E-state index contributed by atoms with van der Waals surface area (Å²) in [5.41, 5.74) is -0.139. The van der Waals surface area contributed by atoms with Crippen LogP contribution >= 0.6 is 11.6 Å². The first-order valence-corrected chi connectivity index (χ1v) is 6.58. The molecule has 0 saturated heterocycles. The zero-order valence-corrected chi connectivity index (χ0v) is 12.1. The van der Waals surface area contributed by atoms with Crippen LogP contribution in [0.4, 0.5) is 5.69 Å². The van der Waals surface area contributed by atoms with Crippen molar-refractivity contribution in [1.29, 1.82) is 0 Å². The van der Waals surface area contributed by atoms with Gasteiger partial charge in [-0.15, -0.1) is 0 Å². The summed E-state index contributed by atoms with van der Waals surface area (Å²) in [7, 11) is 1.24. The molecule has 7 nitrogen and oxygen atoms in total. The Labute approximate surface area is 125 Å². The second-order valence-electron chi connectivity index (χ2n) is 4.17. The highest BCUT2D eigenvalue weighted by atomic mass is 35.5. The predicted octanol–water partition coefficient (Wildman–Crippen LogP) is 1.32. The predicted molar refractivity (Wildman–Crippen MR) is 76.4 cm³/mol. The highest BCUT2D eigenvalue weighted by Gasteiger charge is 2.12. The van der Waals surface area contributed by atoms with Crippen molar-refractivity contribution in [1.82, 2.24) is 9.78 Å². The molecule has 0 spiro atoms.